The van der Waals surface area contributed by atoms with E-state index in [0.717, 1.165) is 39.8 Å². The molecule has 0 amide bonds. The largest absolute Gasteiger partial charge is 0.466 e. The van der Waals surface area contributed by atoms with Gasteiger partial charge in [-0.05, 0) is 48.7 Å². The number of nitrogens with zero attached hydrogens (tertiary/aromatic N) is 2. The molecule has 0 fully saturated rings. The first kappa shape index (κ1) is 26.6. The number of hydrogen-bond donors (Lipinski definition) is 2. The van der Waals surface area contributed by atoms with Crippen LogP contribution in [-0.2, 0) is 25.5 Å². The molecule has 0 saturated carbocycles. The summed E-state index contributed by atoms with van der Waals surface area (Å²) >= 11 is 0. The molecule has 0 bridgehead atoms. The summed E-state index contributed by atoms with van der Waals surface area (Å²) in [5.41, 5.74) is 5.65. The predicted octanol–water partition coefficient (Wildman–Crippen LogP) is 5.21. The van der Waals surface area contributed by atoms with E-state index < -0.39 is 17.9 Å². The number of nitrogens with one attached hydrogen (secondary N) is 2. The molecular weight excluding hydrogens is 504 g/mol. The number of methoxy groups -OCH3 is 1. The summed E-state index contributed by atoms with van der Waals surface area (Å²) in [5.74, 6) is -0.789. The van der Waals surface area contributed by atoms with Gasteiger partial charge < -0.3 is 19.8 Å². The predicted molar refractivity (Wildman–Crippen MR) is 153 cm³/mol. The van der Waals surface area contributed by atoms with E-state index in [2.05, 4.69) is 20.3 Å². The molecule has 8 nitrogen and oxygen atoms in total. The normalized spacial score (nSPS) is 15.4. The molecular formula is C32H30N4O4. The van der Waals surface area contributed by atoms with E-state index in [4.69, 9.17) is 9.47 Å². The molecule has 2 aromatic heterocycles. The molecule has 40 heavy (non-hydrogen) atoms. The average molecular weight is 535 g/mol. The fraction of sp³-hybridized carbons (Fsp3) is 0.188. The Kier molecular flexibility index (Phi) is 7.87. The minimum absolute atomic E-state index is 0.0732. The fourth-order valence-electron chi connectivity index (χ4n) is 5.05. The standard InChI is InChI=1S/C32H30N4O4/c1-20-28(31(37)39-3)30(25-14-15-33-26-9-5-4-8-24(25)26)29(21(2)36-20)32(38)40-18-6-7-22-10-12-23(13-11-22)19-27-34-16-17-35-27/h4-17,30,36H,18-19H2,1-3H3,(H,34,35). The number of esters is 2. The molecule has 3 heterocycles. The highest BCUT2D eigenvalue weighted by Gasteiger charge is 2.38. The molecule has 2 N–H and O–H groups in total. The monoisotopic (exact) mass is 534 g/mol. The van der Waals surface area contributed by atoms with Crippen molar-refractivity contribution in [2.24, 2.45) is 0 Å². The third-order valence-corrected chi connectivity index (χ3v) is 6.91. The zero-order chi connectivity index (χ0) is 28.1. The highest BCUT2D eigenvalue weighted by atomic mass is 16.5. The van der Waals surface area contributed by atoms with Crippen LogP contribution in [0.1, 0.15) is 42.3 Å². The van der Waals surface area contributed by atoms with Crippen molar-refractivity contribution in [2.75, 3.05) is 13.7 Å². The second-order valence-corrected chi connectivity index (χ2v) is 9.50. The number of hydrogen-bond acceptors (Lipinski definition) is 7. The van der Waals surface area contributed by atoms with Gasteiger partial charge in [0, 0.05) is 41.8 Å². The maximum atomic E-state index is 13.5. The van der Waals surface area contributed by atoms with Gasteiger partial charge in [0.2, 0.25) is 0 Å². The first-order chi connectivity index (χ1) is 19.5. The third-order valence-electron chi connectivity index (χ3n) is 6.91. The Bertz CT molecular complexity index is 1630. The quantitative estimate of drug-likeness (QED) is 0.299. The number of benzene rings is 2. The molecule has 1 unspecified atom stereocenters. The third kappa shape index (κ3) is 5.56. The topological polar surface area (TPSA) is 106 Å². The van der Waals surface area contributed by atoms with E-state index >= 15 is 0 Å². The van der Waals surface area contributed by atoms with Gasteiger partial charge in [0.15, 0.2) is 0 Å². The van der Waals surface area contributed by atoms with E-state index in [0.29, 0.717) is 22.5 Å². The molecule has 5 rings (SSSR count). The number of carbonyl (C=O) groups excluding carboxylic acids is 2. The van der Waals surface area contributed by atoms with Gasteiger partial charge >= 0.3 is 11.9 Å². The van der Waals surface area contributed by atoms with Crippen molar-refractivity contribution in [1.29, 1.82) is 0 Å². The lowest BCUT2D eigenvalue weighted by molar-refractivity contribution is -0.138. The van der Waals surface area contributed by atoms with Crippen molar-refractivity contribution in [3.63, 3.8) is 0 Å². The van der Waals surface area contributed by atoms with Crippen molar-refractivity contribution in [3.8, 4) is 0 Å². The number of pyridine rings is 1. The lowest BCUT2D eigenvalue weighted by Gasteiger charge is -2.30. The average Bonchev–Trinajstić information content (AvgIpc) is 3.48. The summed E-state index contributed by atoms with van der Waals surface area (Å²) in [6.45, 7) is 3.69. The van der Waals surface area contributed by atoms with E-state index in [1.165, 1.54) is 7.11 Å². The fourth-order valence-corrected chi connectivity index (χ4v) is 5.05. The zero-order valence-corrected chi connectivity index (χ0v) is 22.6. The Labute approximate surface area is 232 Å². The lowest BCUT2D eigenvalue weighted by Crippen LogP contribution is -2.32. The number of aromatic nitrogens is 3. The van der Waals surface area contributed by atoms with Gasteiger partial charge in [-0.1, -0.05) is 48.5 Å². The smallest absolute Gasteiger partial charge is 0.337 e. The van der Waals surface area contributed by atoms with Crippen LogP contribution in [0.2, 0.25) is 0 Å². The number of H-pyrrole nitrogens is 1. The number of para-hydroxylation sites is 1. The van der Waals surface area contributed by atoms with Crippen LogP contribution in [0.25, 0.3) is 17.0 Å². The maximum absolute atomic E-state index is 13.5. The summed E-state index contributed by atoms with van der Waals surface area (Å²) in [7, 11) is 1.34. The van der Waals surface area contributed by atoms with Crippen molar-refractivity contribution >= 4 is 28.9 Å². The number of rotatable bonds is 8. The van der Waals surface area contributed by atoms with E-state index in [1.807, 2.05) is 73.8 Å². The van der Waals surface area contributed by atoms with Gasteiger partial charge in [0.05, 0.1) is 29.7 Å². The molecule has 8 heteroatoms. The van der Waals surface area contributed by atoms with Gasteiger partial charge in [-0.2, -0.15) is 0 Å². The van der Waals surface area contributed by atoms with Gasteiger partial charge in [-0.3, -0.25) is 4.98 Å². The number of carbonyl (C=O) groups is 2. The highest BCUT2D eigenvalue weighted by molar-refractivity contribution is 6.01. The van der Waals surface area contributed by atoms with Crippen molar-refractivity contribution in [3.05, 3.63) is 124 Å². The second-order valence-electron chi connectivity index (χ2n) is 9.50. The Morgan fingerprint density at radius 1 is 0.925 bits per heavy atom. The lowest BCUT2D eigenvalue weighted by atomic mass is 9.79. The Hall–Kier alpha value is -4.98. The molecule has 1 aliphatic heterocycles. The highest BCUT2D eigenvalue weighted by Crippen LogP contribution is 2.41. The van der Waals surface area contributed by atoms with Gasteiger partial charge in [0.25, 0.3) is 0 Å². The number of allylic oxidation sites excluding steroid dienone is 2. The summed E-state index contributed by atoms with van der Waals surface area (Å²) in [5, 5.41) is 4.02. The number of ether oxygens (including phenoxy) is 2. The summed E-state index contributed by atoms with van der Waals surface area (Å²) in [6, 6.07) is 17.6. The first-order valence-electron chi connectivity index (χ1n) is 13.0. The molecule has 202 valence electrons. The number of imidazole rings is 1. The van der Waals surface area contributed by atoms with E-state index in [9.17, 15) is 9.59 Å². The molecule has 0 radical (unpaired) electrons. The summed E-state index contributed by atoms with van der Waals surface area (Å²) in [4.78, 5) is 38.3. The molecule has 0 saturated heterocycles. The zero-order valence-electron chi connectivity index (χ0n) is 22.6. The van der Waals surface area contributed by atoms with Crippen LogP contribution in [0.5, 0.6) is 0 Å². The summed E-state index contributed by atoms with van der Waals surface area (Å²) in [6.07, 6.45) is 9.66. The van der Waals surface area contributed by atoms with Crippen molar-refractivity contribution in [2.45, 2.75) is 26.2 Å². The molecule has 1 atom stereocenters. The molecule has 0 spiro atoms. The van der Waals surface area contributed by atoms with Crippen molar-refractivity contribution in [1.82, 2.24) is 20.3 Å². The second kappa shape index (κ2) is 11.8. The minimum atomic E-state index is -0.681. The Morgan fingerprint density at radius 3 is 2.40 bits per heavy atom. The minimum Gasteiger partial charge on any atom is -0.466 e. The van der Waals surface area contributed by atoms with Crippen LogP contribution in [0.15, 0.2) is 102 Å². The van der Waals surface area contributed by atoms with Crippen LogP contribution in [0.3, 0.4) is 0 Å². The number of aromatic amines is 1. The Morgan fingerprint density at radius 2 is 1.68 bits per heavy atom. The van der Waals surface area contributed by atoms with Gasteiger partial charge in [-0.15, -0.1) is 0 Å². The SMILES string of the molecule is COC(=O)C1=C(C)NC(C)=C(C(=O)OCC=Cc2ccc(Cc3ncc[nH]3)cc2)C1c1ccnc2ccccc12. The molecule has 2 aromatic carbocycles. The van der Waals surface area contributed by atoms with E-state index in [1.54, 1.807) is 25.4 Å². The molecule has 1 aliphatic rings. The first-order valence-corrected chi connectivity index (χ1v) is 13.0. The van der Waals surface area contributed by atoms with Gasteiger partial charge in [-0.25, -0.2) is 14.6 Å². The molecule has 0 aliphatic carbocycles. The van der Waals surface area contributed by atoms with Crippen LogP contribution < -0.4 is 5.32 Å². The van der Waals surface area contributed by atoms with E-state index in [-0.39, 0.29) is 6.61 Å². The summed E-state index contributed by atoms with van der Waals surface area (Å²) < 4.78 is 10.8. The van der Waals surface area contributed by atoms with Crippen LogP contribution in [-0.4, -0.2) is 40.6 Å². The molecule has 4 aromatic rings. The van der Waals surface area contributed by atoms with Gasteiger partial charge in [0.1, 0.15) is 12.4 Å². The number of dihydropyridines is 1. The maximum Gasteiger partial charge on any atom is 0.337 e. The van der Waals surface area contributed by atoms with Crippen LogP contribution in [0, 0.1) is 0 Å². The number of fused-ring (bicyclic) bond motifs is 1. The van der Waals surface area contributed by atoms with Crippen LogP contribution in [0.4, 0.5) is 0 Å². The Balaban J connectivity index is 1.36. The van der Waals surface area contributed by atoms with Crippen molar-refractivity contribution < 1.29 is 19.1 Å². The van der Waals surface area contributed by atoms with Crippen LogP contribution >= 0.6 is 0 Å².